The molecule has 1 aromatic rings. The largest absolute Gasteiger partial charge is 0.323 e. The van der Waals surface area contributed by atoms with Crippen LogP contribution in [0.1, 0.15) is 24.9 Å². The Labute approximate surface area is 94.2 Å². The fraction of sp³-hybridized carbons (Fsp3) is 0.273. The van der Waals surface area contributed by atoms with E-state index in [1.165, 1.54) is 0 Å². The summed E-state index contributed by atoms with van der Waals surface area (Å²) in [7, 11) is 0. The lowest BCUT2D eigenvalue weighted by molar-refractivity contribution is 0.754. The van der Waals surface area contributed by atoms with Crippen LogP contribution in [0.4, 0.5) is 0 Å². The van der Waals surface area contributed by atoms with Crippen LogP contribution in [0.2, 0.25) is 10.0 Å². The molecule has 1 unspecified atom stereocenters. The van der Waals surface area contributed by atoms with Crippen LogP contribution >= 0.6 is 23.2 Å². The molecule has 0 saturated heterocycles. The zero-order valence-electron chi connectivity index (χ0n) is 7.85. The quantitative estimate of drug-likeness (QED) is 0.771. The van der Waals surface area contributed by atoms with Crippen molar-refractivity contribution in [2.45, 2.75) is 19.4 Å². The van der Waals surface area contributed by atoms with Gasteiger partial charge in [0.1, 0.15) is 0 Å². The topological polar surface area (TPSA) is 26.0 Å². The minimum Gasteiger partial charge on any atom is -0.323 e. The average molecular weight is 228 g/mol. The van der Waals surface area contributed by atoms with Gasteiger partial charge in [0.25, 0.3) is 0 Å². The molecular weight excluding hydrogens is 217 g/mol. The van der Waals surface area contributed by atoms with E-state index in [1.54, 1.807) is 13.0 Å². The molecule has 74 valence electrons. The van der Waals surface area contributed by atoms with Gasteiger partial charge < -0.3 is 5.73 Å². The second-order valence-corrected chi connectivity index (χ2v) is 3.67. The van der Waals surface area contributed by atoms with Gasteiger partial charge in [0.2, 0.25) is 0 Å². The predicted octanol–water partition coefficient (Wildman–Crippen LogP) is 3.41. The fourth-order valence-corrected chi connectivity index (χ4v) is 1.58. The number of halogens is 2. The fourth-order valence-electron chi connectivity index (χ4n) is 1.13. The Kier molecular flexibility index (Phi) is 4.28. The Balaban J connectivity index is 2.93. The number of rotatable bonds is 2. The number of nitrogens with two attached hydrogens (primary N) is 1. The van der Waals surface area contributed by atoms with Gasteiger partial charge >= 0.3 is 0 Å². The molecule has 0 radical (unpaired) electrons. The van der Waals surface area contributed by atoms with E-state index in [0.29, 0.717) is 16.5 Å². The van der Waals surface area contributed by atoms with Crippen molar-refractivity contribution in [1.29, 1.82) is 0 Å². The summed E-state index contributed by atoms with van der Waals surface area (Å²) in [4.78, 5) is 0. The third-order valence-corrected chi connectivity index (χ3v) is 2.71. The summed E-state index contributed by atoms with van der Waals surface area (Å²) in [6.07, 6.45) is 0.594. The molecule has 0 amide bonds. The second-order valence-electron chi connectivity index (χ2n) is 2.88. The van der Waals surface area contributed by atoms with E-state index in [4.69, 9.17) is 28.9 Å². The maximum Gasteiger partial charge on any atom is 0.0640 e. The normalized spacial score (nSPS) is 11.7. The smallest absolute Gasteiger partial charge is 0.0640 e. The minimum absolute atomic E-state index is 0.173. The molecule has 0 aliphatic rings. The molecule has 0 aromatic heterocycles. The van der Waals surface area contributed by atoms with Gasteiger partial charge in [-0.3, -0.25) is 0 Å². The minimum atomic E-state index is -0.173. The van der Waals surface area contributed by atoms with E-state index in [2.05, 4.69) is 11.8 Å². The SMILES string of the molecule is CC#CCC(N)c1cccc(Cl)c1Cl. The van der Waals surface area contributed by atoms with Crippen molar-refractivity contribution >= 4 is 23.2 Å². The van der Waals surface area contributed by atoms with Crippen LogP contribution in [0.5, 0.6) is 0 Å². The molecule has 1 aromatic carbocycles. The highest BCUT2D eigenvalue weighted by molar-refractivity contribution is 6.42. The van der Waals surface area contributed by atoms with Gasteiger partial charge in [-0.05, 0) is 18.6 Å². The van der Waals surface area contributed by atoms with Crippen molar-refractivity contribution in [3.8, 4) is 11.8 Å². The molecule has 0 bridgehead atoms. The van der Waals surface area contributed by atoms with Crippen molar-refractivity contribution in [2.24, 2.45) is 5.73 Å². The van der Waals surface area contributed by atoms with E-state index in [-0.39, 0.29) is 6.04 Å². The highest BCUT2D eigenvalue weighted by Gasteiger charge is 2.10. The summed E-state index contributed by atoms with van der Waals surface area (Å²) in [5.41, 5.74) is 6.75. The Morgan fingerprint density at radius 2 is 2.14 bits per heavy atom. The molecule has 0 aliphatic carbocycles. The standard InChI is InChI=1S/C11H11Cl2N/c1-2-3-7-10(14)8-5-4-6-9(12)11(8)13/h4-6,10H,7,14H2,1H3. The van der Waals surface area contributed by atoms with Crippen molar-refractivity contribution in [2.75, 3.05) is 0 Å². The molecular formula is C11H11Cl2N. The van der Waals surface area contributed by atoms with Crippen molar-refractivity contribution < 1.29 is 0 Å². The van der Waals surface area contributed by atoms with Crippen LogP contribution in [-0.2, 0) is 0 Å². The molecule has 3 heteroatoms. The first kappa shape index (κ1) is 11.4. The monoisotopic (exact) mass is 227 g/mol. The summed E-state index contributed by atoms with van der Waals surface area (Å²) < 4.78 is 0. The molecule has 14 heavy (non-hydrogen) atoms. The van der Waals surface area contributed by atoms with Gasteiger partial charge in [-0.2, -0.15) is 0 Å². The Hall–Kier alpha value is -0.680. The van der Waals surface area contributed by atoms with Crippen LogP contribution in [0, 0.1) is 11.8 Å². The van der Waals surface area contributed by atoms with Crippen molar-refractivity contribution in [3.05, 3.63) is 33.8 Å². The third-order valence-electron chi connectivity index (χ3n) is 1.88. The zero-order chi connectivity index (χ0) is 10.6. The Morgan fingerprint density at radius 1 is 1.43 bits per heavy atom. The van der Waals surface area contributed by atoms with Gasteiger partial charge in [-0.25, -0.2) is 0 Å². The summed E-state index contributed by atoms with van der Waals surface area (Å²) >= 11 is 11.9. The van der Waals surface area contributed by atoms with Gasteiger partial charge in [0.15, 0.2) is 0 Å². The lowest BCUT2D eigenvalue weighted by atomic mass is 10.1. The maximum atomic E-state index is 6.01. The first-order valence-electron chi connectivity index (χ1n) is 4.26. The molecule has 1 nitrogen and oxygen atoms in total. The van der Waals surface area contributed by atoms with E-state index in [1.807, 2.05) is 12.1 Å². The Morgan fingerprint density at radius 3 is 2.79 bits per heavy atom. The molecule has 0 spiro atoms. The van der Waals surface area contributed by atoms with Gasteiger partial charge in [-0.1, -0.05) is 35.3 Å². The molecule has 0 heterocycles. The Bertz CT molecular complexity index is 377. The highest BCUT2D eigenvalue weighted by atomic mass is 35.5. The molecule has 1 atom stereocenters. The van der Waals surface area contributed by atoms with Gasteiger partial charge in [0.05, 0.1) is 10.0 Å². The van der Waals surface area contributed by atoms with E-state index in [0.717, 1.165) is 5.56 Å². The molecule has 0 saturated carbocycles. The number of hydrogen-bond acceptors (Lipinski definition) is 1. The van der Waals surface area contributed by atoms with Gasteiger partial charge in [-0.15, -0.1) is 11.8 Å². The third kappa shape index (κ3) is 2.65. The van der Waals surface area contributed by atoms with Crippen LogP contribution in [0.25, 0.3) is 0 Å². The lowest BCUT2D eigenvalue weighted by Crippen LogP contribution is -2.09. The summed E-state index contributed by atoms with van der Waals surface area (Å²) in [5.74, 6) is 5.71. The predicted molar refractivity (Wildman–Crippen MR) is 61.5 cm³/mol. The van der Waals surface area contributed by atoms with Crippen LogP contribution in [0.15, 0.2) is 18.2 Å². The number of hydrogen-bond donors (Lipinski definition) is 1. The molecule has 0 fully saturated rings. The molecule has 2 N–H and O–H groups in total. The zero-order valence-corrected chi connectivity index (χ0v) is 9.36. The second kappa shape index (κ2) is 5.26. The average Bonchev–Trinajstić information content (AvgIpc) is 2.18. The summed E-state index contributed by atoms with van der Waals surface area (Å²) in [6, 6.07) is 5.28. The summed E-state index contributed by atoms with van der Waals surface area (Å²) in [5, 5.41) is 1.06. The van der Waals surface area contributed by atoms with Crippen LogP contribution < -0.4 is 5.73 Å². The first-order chi connectivity index (χ1) is 6.66. The van der Waals surface area contributed by atoms with Crippen LogP contribution in [0.3, 0.4) is 0 Å². The van der Waals surface area contributed by atoms with E-state index >= 15 is 0 Å². The van der Waals surface area contributed by atoms with Gasteiger partial charge in [0, 0.05) is 12.5 Å². The van der Waals surface area contributed by atoms with E-state index < -0.39 is 0 Å². The highest BCUT2D eigenvalue weighted by Crippen LogP contribution is 2.29. The molecule has 0 aliphatic heterocycles. The summed E-state index contributed by atoms with van der Waals surface area (Å²) in [6.45, 7) is 1.78. The lowest BCUT2D eigenvalue weighted by Gasteiger charge is -2.11. The van der Waals surface area contributed by atoms with Crippen molar-refractivity contribution in [3.63, 3.8) is 0 Å². The molecule has 1 rings (SSSR count). The van der Waals surface area contributed by atoms with E-state index in [9.17, 15) is 0 Å². The number of benzene rings is 1. The van der Waals surface area contributed by atoms with Crippen molar-refractivity contribution in [1.82, 2.24) is 0 Å². The first-order valence-corrected chi connectivity index (χ1v) is 5.01. The maximum absolute atomic E-state index is 6.01. The van der Waals surface area contributed by atoms with Crippen LogP contribution in [-0.4, -0.2) is 0 Å².